The summed E-state index contributed by atoms with van der Waals surface area (Å²) in [6.45, 7) is 4.40. The summed E-state index contributed by atoms with van der Waals surface area (Å²) < 4.78 is 0. The predicted molar refractivity (Wildman–Crippen MR) is 87.4 cm³/mol. The van der Waals surface area contributed by atoms with Gasteiger partial charge in [-0.25, -0.2) is 0 Å². The minimum Gasteiger partial charge on any atom is -0.0773 e. The molecule has 0 nitrogen and oxygen atoms in total. The average molecular weight is 260 g/mol. The van der Waals surface area contributed by atoms with Crippen LogP contribution in [0.3, 0.4) is 0 Å². The van der Waals surface area contributed by atoms with E-state index in [1.807, 2.05) is 0 Å². The molecule has 2 aliphatic carbocycles. The van der Waals surface area contributed by atoms with E-state index in [9.17, 15) is 0 Å². The van der Waals surface area contributed by atoms with Crippen molar-refractivity contribution < 1.29 is 0 Å². The summed E-state index contributed by atoms with van der Waals surface area (Å²) in [5, 5.41) is 2.57. The Balaban J connectivity index is 2.01. The van der Waals surface area contributed by atoms with Crippen LogP contribution in [0.25, 0.3) is 11.1 Å². The Kier molecular flexibility index (Phi) is 3.56. The van der Waals surface area contributed by atoms with Gasteiger partial charge >= 0.3 is 0 Å². The molecule has 3 rings (SSSR count). The highest BCUT2D eigenvalue weighted by Gasteiger charge is 2.00. The lowest BCUT2D eigenvalue weighted by Crippen LogP contribution is -2.12. The van der Waals surface area contributed by atoms with Crippen molar-refractivity contribution in [2.75, 3.05) is 0 Å². The van der Waals surface area contributed by atoms with Gasteiger partial charge in [0.25, 0.3) is 0 Å². The summed E-state index contributed by atoms with van der Waals surface area (Å²) in [5.74, 6) is 1.10. The molecule has 0 unspecified atom stereocenters. The van der Waals surface area contributed by atoms with E-state index in [1.54, 1.807) is 0 Å². The molecule has 100 valence electrons. The van der Waals surface area contributed by atoms with E-state index in [-0.39, 0.29) is 0 Å². The smallest absolute Gasteiger partial charge is 0.00752 e. The zero-order valence-corrected chi connectivity index (χ0v) is 12.1. The second-order valence-corrected chi connectivity index (χ2v) is 5.64. The molecule has 0 fully saturated rings. The van der Waals surface area contributed by atoms with E-state index < -0.39 is 0 Å². The van der Waals surface area contributed by atoms with Crippen LogP contribution in [0, 0.1) is 11.8 Å². The topological polar surface area (TPSA) is 0 Å². The first-order valence-corrected chi connectivity index (χ1v) is 7.30. The summed E-state index contributed by atoms with van der Waals surface area (Å²) in [7, 11) is 0. The first kappa shape index (κ1) is 12.9. The van der Waals surface area contributed by atoms with Crippen LogP contribution in [0.4, 0.5) is 0 Å². The maximum atomic E-state index is 2.24. The highest BCUT2D eigenvalue weighted by atomic mass is 14.1. The van der Waals surface area contributed by atoms with Gasteiger partial charge in [-0.3, -0.25) is 0 Å². The van der Waals surface area contributed by atoms with Gasteiger partial charge in [0.15, 0.2) is 0 Å². The van der Waals surface area contributed by atoms with Crippen LogP contribution in [0.1, 0.15) is 13.8 Å². The molecule has 0 radical (unpaired) electrons. The molecule has 0 atom stereocenters. The molecule has 1 aromatic carbocycles. The Morgan fingerprint density at radius 2 is 0.850 bits per heavy atom. The van der Waals surface area contributed by atoms with Crippen molar-refractivity contribution in [3.05, 3.63) is 83.3 Å². The third-order valence-corrected chi connectivity index (χ3v) is 3.87. The van der Waals surface area contributed by atoms with Gasteiger partial charge in [-0.05, 0) is 33.4 Å². The van der Waals surface area contributed by atoms with Gasteiger partial charge in [0.05, 0.1) is 0 Å². The van der Waals surface area contributed by atoms with Gasteiger partial charge in [-0.1, -0.05) is 86.7 Å². The van der Waals surface area contributed by atoms with Crippen molar-refractivity contribution in [1.29, 1.82) is 0 Å². The van der Waals surface area contributed by atoms with Crippen molar-refractivity contribution in [2.24, 2.45) is 11.8 Å². The van der Waals surface area contributed by atoms with E-state index >= 15 is 0 Å². The molecule has 1 aromatic rings. The summed E-state index contributed by atoms with van der Waals surface area (Å²) in [6, 6.07) is 8.84. The van der Waals surface area contributed by atoms with Crippen LogP contribution >= 0.6 is 0 Å². The number of allylic oxidation sites excluding steroid dienone is 8. The fraction of sp³-hybridized carbons (Fsp3) is 0.200. The van der Waals surface area contributed by atoms with Gasteiger partial charge < -0.3 is 0 Å². The zero-order valence-electron chi connectivity index (χ0n) is 12.1. The number of hydrogen-bond acceptors (Lipinski definition) is 0. The second-order valence-electron chi connectivity index (χ2n) is 5.64. The fourth-order valence-electron chi connectivity index (χ4n) is 2.50. The van der Waals surface area contributed by atoms with Crippen LogP contribution in [-0.2, 0) is 0 Å². The minimum absolute atomic E-state index is 0.549. The Hall–Kier alpha value is -2.08. The quantitative estimate of drug-likeness (QED) is 0.669. The van der Waals surface area contributed by atoms with E-state index in [2.05, 4.69) is 86.7 Å². The highest BCUT2D eigenvalue weighted by molar-refractivity contribution is 5.70. The first-order valence-electron chi connectivity index (χ1n) is 7.30. The van der Waals surface area contributed by atoms with Crippen molar-refractivity contribution in [3.63, 3.8) is 0 Å². The molecule has 0 N–H and O–H groups in total. The molecule has 0 amide bonds. The van der Waals surface area contributed by atoms with Crippen molar-refractivity contribution in [2.45, 2.75) is 13.8 Å². The molecule has 20 heavy (non-hydrogen) atoms. The molecule has 0 aliphatic heterocycles. The standard InChI is InChI=1S/C20H20/c1-15-3-7-17(8-4-15)19-11-13-20(14-12-19)18-9-5-16(2)6-10-18/h3-16H,1-2H3. The third-order valence-electron chi connectivity index (χ3n) is 3.87. The van der Waals surface area contributed by atoms with Gasteiger partial charge in [0.1, 0.15) is 0 Å². The number of benzene rings is 1. The Labute approximate surface area is 120 Å². The molecule has 0 heteroatoms. The molecule has 2 aliphatic rings. The van der Waals surface area contributed by atoms with E-state index in [4.69, 9.17) is 0 Å². The summed E-state index contributed by atoms with van der Waals surface area (Å²) in [5.41, 5.74) is 2.59. The summed E-state index contributed by atoms with van der Waals surface area (Å²) >= 11 is 0. The lowest BCUT2D eigenvalue weighted by atomic mass is 9.98. The van der Waals surface area contributed by atoms with Crippen molar-refractivity contribution >= 4 is 11.1 Å². The molecular weight excluding hydrogens is 240 g/mol. The van der Waals surface area contributed by atoms with Crippen LogP contribution in [0.5, 0.6) is 0 Å². The Bertz CT molecular complexity index is 618. The van der Waals surface area contributed by atoms with Gasteiger partial charge in [-0.15, -0.1) is 0 Å². The molecule has 0 spiro atoms. The maximum Gasteiger partial charge on any atom is -0.00752 e. The molecular formula is C20H20. The van der Waals surface area contributed by atoms with Crippen molar-refractivity contribution in [1.82, 2.24) is 0 Å². The second kappa shape index (κ2) is 5.50. The largest absolute Gasteiger partial charge is 0.0773 e. The number of rotatable bonds is 0. The summed E-state index contributed by atoms with van der Waals surface area (Å²) in [6.07, 6.45) is 17.8. The lowest BCUT2D eigenvalue weighted by Gasteiger charge is -2.07. The van der Waals surface area contributed by atoms with Gasteiger partial charge in [0, 0.05) is 0 Å². The van der Waals surface area contributed by atoms with Gasteiger partial charge in [-0.2, -0.15) is 0 Å². The van der Waals surface area contributed by atoms with Crippen molar-refractivity contribution in [3.8, 4) is 0 Å². The molecule has 0 saturated carbocycles. The van der Waals surface area contributed by atoms with Crippen LogP contribution in [0.15, 0.2) is 72.9 Å². The molecule has 0 bridgehead atoms. The molecule has 0 heterocycles. The average Bonchev–Trinajstić information content (AvgIpc) is 2.49. The first-order chi connectivity index (χ1) is 9.72. The van der Waals surface area contributed by atoms with Crippen LogP contribution in [-0.4, -0.2) is 0 Å². The normalized spacial score (nSPS) is 24.5. The van der Waals surface area contributed by atoms with E-state index in [1.165, 1.54) is 21.6 Å². The maximum absolute atomic E-state index is 2.24. The van der Waals surface area contributed by atoms with E-state index in [0.717, 1.165) is 0 Å². The monoisotopic (exact) mass is 260 g/mol. The molecule has 0 aromatic heterocycles. The Morgan fingerprint density at radius 1 is 0.550 bits per heavy atom. The third kappa shape index (κ3) is 2.75. The highest BCUT2D eigenvalue weighted by Crippen LogP contribution is 2.13. The minimum atomic E-state index is 0.549. The van der Waals surface area contributed by atoms with Crippen LogP contribution < -0.4 is 10.4 Å². The van der Waals surface area contributed by atoms with Gasteiger partial charge in [0.2, 0.25) is 0 Å². The fourth-order valence-corrected chi connectivity index (χ4v) is 2.50. The van der Waals surface area contributed by atoms with Crippen LogP contribution in [0.2, 0.25) is 0 Å². The zero-order chi connectivity index (χ0) is 13.9. The molecule has 0 saturated heterocycles. The SMILES string of the molecule is CC1C=CC(=c2ccc(=C3C=CC(C)C=C3)cc2)C=C1. The summed E-state index contributed by atoms with van der Waals surface area (Å²) in [4.78, 5) is 0. The number of hydrogen-bond donors (Lipinski definition) is 0. The predicted octanol–water partition coefficient (Wildman–Crippen LogP) is 3.51. The van der Waals surface area contributed by atoms with E-state index in [0.29, 0.717) is 11.8 Å². The lowest BCUT2D eigenvalue weighted by molar-refractivity contribution is 0.934. The Morgan fingerprint density at radius 3 is 1.15 bits per heavy atom.